The second-order valence-electron chi connectivity index (χ2n) is 3.76. The quantitative estimate of drug-likeness (QED) is 0.654. The maximum Gasteiger partial charge on any atom is 0.137 e. The molecule has 0 atom stereocenters. The highest BCUT2D eigenvalue weighted by atomic mass is 19.1. The Morgan fingerprint density at radius 2 is 2.00 bits per heavy atom. The fraction of sp³-hybridized carbons (Fsp3) is 0.462. The molecule has 1 aromatic rings. The number of benzene rings is 1. The van der Waals surface area contributed by atoms with Gasteiger partial charge in [0.05, 0.1) is 0 Å². The van der Waals surface area contributed by atoms with Crippen LogP contribution in [-0.2, 0) is 11.2 Å². The highest BCUT2D eigenvalue weighted by Crippen LogP contribution is 2.09. The van der Waals surface area contributed by atoms with Crippen LogP contribution in [0.1, 0.15) is 38.2 Å². The molecule has 0 fully saturated rings. The first-order chi connectivity index (χ1) is 7.24. The lowest BCUT2D eigenvalue weighted by molar-refractivity contribution is -0.118. The van der Waals surface area contributed by atoms with Gasteiger partial charge in [-0.25, -0.2) is 4.39 Å². The molecule has 1 aromatic carbocycles. The average molecular weight is 208 g/mol. The van der Waals surface area contributed by atoms with Gasteiger partial charge in [-0.3, -0.25) is 4.79 Å². The van der Waals surface area contributed by atoms with Gasteiger partial charge in [-0.2, -0.15) is 0 Å². The fourth-order valence-electron chi connectivity index (χ4n) is 1.51. The van der Waals surface area contributed by atoms with Gasteiger partial charge in [0.15, 0.2) is 0 Å². The third kappa shape index (κ3) is 4.24. The number of halogens is 1. The zero-order valence-electron chi connectivity index (χ0n) is 9.13. The van der Waals surface area contributed by atoms with Gasteiger partial charge < -0.3 is 0 Å². The Hall–Kier alpha value is -1.18. The minimum absolute atomic E-state index is 0.133. The van der Waals surface area contributed by atoms with Crippen LogP contribution in [0.3, 0.4) is 0 Å². The van der Waals surface area contributed by atoms with Crippen molar-refractivity contribution in [2.75, 3.05) is 0 Å². The smallest absolute Gasteiger partial charge is 0.137 e. The molecule has 0 spiro atoms. The van der Waals surface area contributed by atoms with E-state index in [1.165, 1.54) is 6.07 Å². The van der Waals surface area contributed by atoms with E-state index in [2.05, 4.69) is 6.92 Å². The molecule has 0 aliphatic heterocycles. The second kappa shape index (κ2) is 6.33. The van der Waals surface area contributed by atoms with Crippen LogP contribution in [0, 0.1) is 5.82 Å². The molecular formula is C13H17FO. The van der Waals surface area contributed by atoms with Gasteiger partial charge in [0, 0.05) is 12.8 Å². The lowest BCUT2D eigenvalue weighted by atomic mass is 10.0. The summed E-state index contributed by atoms with van der Waals surface area (Å²) >= 11 is 0. The number of ketones is 1. The Labute approximate surface area is 90.3 Å². The monoisotopic (exact) mass is 208 g/mol. The maximum atomic E-state index is 13.2. The molecule has 0 unspecified atom stereocenters. The van der Waals surface area contributed by atoms with E-state index in [-0.39, 0.29) is 18.0 Å². The first kappa shape index (κ1) is 11.9. The van der Waals surface area contributed by atoms with E-state index >= 15 is 0 Å². The molecule has 2 heteroatoms. The van der Waals surface area contributed by atoms with E-state index < -0.39 is 0 Å². The highest BCUT2D eigenvalue weighted by molar-refractivity contribution is 5.80. The van der Waals surface area contributed by atoms with E-state index in [4.69, 9.17) is 0 Å². The van der Waals surface area contributed by atoms with Crippen molar-refractivity contribution in [1.82, 2.24) is 0 Å². The summed E-state index contributed by atoms with van der Waals surface area (Å²) in [6.07, 6.45) is 3.90. The third-order valence-corrected chi connectivity index (χ3v) is 2.40. The maximum absolute atomic E-state index is 13.2. The summed E-state index contributed by atoms with van der Waals surface area (Å²) in [7, 11) is 0. The number of carbonyl (C=O) groups excluding carboxylic acids is 1. The van der Waals surface area contributed by atoms with Crippen LogP contribution in [0.4, 0.5) is 4.39 Å². The molecule has 0 saturated carbocycles. The van der Waals surface area contributed by atoms with E-state index in [0.29, 0.717) is 12.0 Å². The zero-order valence-corrected chi connectivity index (χ0v) is 9.13. The van der Waals surface area contributed by atoms with Crippen molar-refractivity contribution in [3.8, 4) is 0 Å². The fourth-order valence-corrected chi connectivity index (χ4v) is 1.51. The standard InChI is InChI=1S/C13H17FO/c1-2-3-4-8-12(15)10-11-7-5-6-9-13(11)14/h5-7,9H,2-4,8,10H2,1H3. The lowest BCUT2D eigenvalue weighted by Crippen LogP contribution is -2.04. The molecule has 15 heavy (non-hydrogen) atoms. The zero-order chi connectivity index (χ0) is 11.1. The lowest BCUT2D eigenvalue weighted by Gasteiger charge is -2.02. The number of carbonyl (C=O) groups is 1. The average Bonchev–Trinajstić information content (AvgIpc) is 2.22. The normalized spacial score (nSPS) is 10.3. The van der Waals surface area contributed by atoms with Crippen molar-refractivity contribution in [1.29, 1.82) is 0 Å². The Morgan fingerprint density at radius 3 is 2.67 bits per heavy atom. The molecule has 0 N–H and O–H groups in total. The minimum Gasteiger partial charge on any atom is -0.299 e. The predicted octanol–water partition coefficient (Wildman–Crippen LogP) is 3.52. The van der Waals surface area contributed by atoms with Crippen molar-refractivity contribution < 1.29 is 9.18 Å². The number of Topliss-reactive ketones (excluding diaryl/α,β-unsaturated/α-hetero) is 1. The molecule has 0 amide bonds. The summed E-state index contributed by atoms with van der Waals surface area (Å²) in [5.74, 6) is -0.144. The number of unbranched alkanes of at least 4 members (excludes halogenated alkanes) is 2. The molecule has 0 bridgehead atoms. The van der Waals surface area contributed by atoms with Gasteiger partial charge in [-0.15, -0.1) is 0 Å². The second-order valence-corrected chi connectivity index (χ2v) is 3.76. The Balaban J connectivity index is 2.41. The van der Waals surface area contributed by atoms with E-state index in [0.717, 1.165) is 19.3 Å². The summed E-state index contributed by atoms with van der Waals surface area (Å²) in [5.41, 5.74) is 0.513. The first-order valence-electron chi connectivity index (χ1n) is 5.49. The molecule has 0 aliphatic carbocycles. The van der Waals surface area contributed by atoms with Crippen LogP contribution in [0.5, 0.6) is 0 Å². The van der Waals surface area contributed by atoms with Crippen LogP contribution < -0.4 is 0 Å². The largest absolute Gasteiger partial charge is 0.299 e. The van der Waals surface area contributed by atoms with Gasteiger partial charge in [-0.1, -0.05) is 38.0 Å². The van der Waals surface area contributed by atoms with E-state index in [1.54, 1.807) is 18.2 Å². The van der Waals surface area contributed by atoms with Crippen LogP contribution in [0.25, 0.3) is 0 Å². The molecule has 0 saturated heterocycles. The van der Waals surface area contributed by atoms with Crippen LogP contribution in [-0.4, -0.2) is 5.78 Å². The summed E-state index contributed by atoms with van der Waals surface area (Å²) < 4.78 is 13.2. The molecule has 0 radical (unpaired) electrons. The van der Waals surface area contributed by atoms with Gasteiger partial charge in [0.1, 0.15) is 11.6 Å². The molecule has 0 aromatic heterocycles. The SMILES string of the molecule is CCCCCC(=O)Cc1ccccc1F. The van der Waals surface area contributed by atoms with E-state index in [1.807, 2.05) is 0 Å². The summed E-state index contributed by atoms with van der Waals surface area (Å²) in [6.45, 7) is 2.10. The van der Waals surface area contributed by atoms with Crippen molar-refractivity contribution >= 4 is 5.78 Å². The molecular weight excluding hydrogens is 191 g/mol. The summed E-state index contributed by atoms with van der Waals surface area (Å²) in [6, 6.07) is 6.47. The molecule has 1 rings (SSSR count). The minimum atomic E-state index is -0.277. The first-order valence-corrected chi connectivity index (χ1v) is 5.49. The number of hydrogen-bond donors (Lipinski definition) is 0. The molecule has 1 nitrogen and oxygen atoms in total. The van der Waals surface area contributed by atoms with Crippen molar-refractivity contribution in [3.63, 3.8) is 0 Å². The van der Waals surface area contributed by atoms with Crippen LogP contribution >= 0.6 is 0 Å². The van der Waals surface area contributed by atoms with E-state index in [9.17, 15) is 9.18 Å². The Bertz CT molecular complexity index is 320. The van der Waals surface area contributed by atoms with Crippen molar-refractivity contribution in [3.05, 3.63) is 35.6 Å². The van der Waals surface area contributed by atoms with Gasteiger partial charge >= 0.3 is 0 Å². The van der Waals surface area contributed by atoms with Gasteiger partial charge in [0.2, 0.25) is 0 Å². The van der Waals surface area contributed by atoms with Crippen molar-refractivity contribution in [2.24, 2.45) is 0 Å². The highest BCUT2D eigenvalue weighted by Gasteiger charge is 2.06. The summed E-state index contributed by atoms with van der Waals surface area (Å²) in [4.78, 5) is 11.5. The van der Waals surface area contributed by atoms with Gasteiger partial charge in [-0.05, 0) is 18.1 Å². The Morgan fingerprint density at radius 1 is 1.27 bits per heavy atom. The van der Waals surface area contributed by atoms with Crippen LogP contribution in [0.2, 0.25) is 0 Å². The predicted molar refractivity (Wildman–Crippen MR) is 59.3 cm³/mol. The molecule has 0 heterocycles. The molecule has 0 aliphatic rings. The topological polar surface area (TPSA) is 17.1 Å². The van der Waals surface area contributed by atoms with Crippen molar-refractivity contribution in [2.45, 2.75) is 39.0 Å². The third-order valence-electron chi connectivity index (χ3n) is 2.40. The number of hydrogen-bond acceptors (Lipinski definition) is 1. The number of rotatable bonds is 6. The summed E-state index contributed by atoms with van der Waals surface area (Å²) in [5, 5.41) is 0. The van der Waals surface area contributed by atoms with Gasteiger partial charge in [0.25, 0.3) is 0 Å². The molecule has 82 valence electrons. The van der Waals surface area contributed by atoms with Crippen LogP contribution in [0.15, 0.2) is 24.3 Å². The Kier molecular flexibility index (Phi) is 5.02.